The van der Waals surface area contributed by atoms with E-state index < -0.39 is 5.79 Å². The SMILES string of the molecule is O=C(CCN1CCN(c2ccccn2)CC1)N1CCC2(CC1)OCCO2. The summed E-state index contributed by atoms with van der Waals surface area (Å²) in [5.41, 5.74) is 0. The van der Waals surface area contributed by atoms with E-state index in [0.29, 0.717) is 19.6 Å². The summed E-state index contributed by atoms with van der Waals surface area (Å²) < 4.78 is 11.5. The molecule has 7 nitrogen and oxygen atoms in total. The van der Waals surface area contributed by atoms with Gasteiger partial charge in [0.15, 0.2) is 5.79 Å². The maximum atomic E-state index is 12.5. The molecule has 26 heavy (non-hydrogen) atoms. The van der Waals surface area contributed by atoms with E-state index in [2.05, 4.69) is 20.9 Å². The molecule has 3 aliphatic rings. The van der Waals surface area contributed by atoms with Crippen molar-refractivity contribution in [1.29, 1.82) is 0 Å². The minimum atomic E-state index is -0.404. The second kappa shape index (κ2) is 7.90. The summed E-state index contributed by atoms with van der Waals surface area (Å²) in [6.45, 7) is 7.57. The molecule has 0 aliphatic carbocycles. The highest BCUT2D eigenvalue weighted by atomic mass is 16.7. The highest BCUT2D eigenvalue weighted by Crippen LogP contribution is 2.31. The molecule has 4 heterocycles. The van der Waals surface area contributed by atoms with Gasteiger partial charge in [-0.1, -0.05) is 6.07 Å². The molecule has 3 aliphatic heterocycles. The molecule has 7 heteroatoms. The highest BCUT2D eigenvalue weighted by molar-refractivity contribution is 5.76. The van der Waals surface area contributed by atoms with E-state index in [9.17, 15) is 4.79 Å². The topological polar surface area (TPSA) is 58.1 Å². The average Bonchev–Trinajstić information content (AvgIpc) is 3.16. The van der Waals surface area contributed by atoms with Crippen LogP contribution in [0.2, 0.25) is 0 Å². The Balaban J connectivity index is 1.17. The van der Waals surface area contributed by atoms with Gasteiger partial charge >= 0.3 is 0 Å². The molecule has 0 unspecified atom stereocenters. The summed E-state index contributed by atoms with van der Waals surface area (Å²) in [6.07, 6.45) is 4.02. The number of anilines is 1. The first-order chi connectivity index (χ1) is 12.7. The van der Waals surface area contributed by atoms with Crippen LogP contribution in [0.4, 0.5) is 5.82 Å². The molecule has 0 saturated carbocycles. The minimum Gasteiger partial charge on any atom is -0.354 e. The molecular weight excluding hydrogens is 332 g/mol. The maximum absolute atomic E-state index is 12.5. The van der Waals surface area contributed by atoms with Crippen LogP contribution in [-0.4, -0.2) is 85.5 Å². The first-order valence-corrected chi connectivity index (χ1v) is 9.68. The number of hydrogen-bond acceptors (Lipinski definition) is 6. The van der Waals surface area contributed by atoms with Crippen molar-refractivity contribution in [2.75, 3.05) is 63.9 Å². The summed E-state index contributed by atoms with van der Waals surface area (Å²) in [5.74, 6) is 0.894. The van der Waals surface area contributed by atoms with E-state index in [1.165, 1.54) is 0 Å². The van der Waals surface area contributed by atoms with E-state index >= 15 is 0 Å². The summed E-state index contributed by atoms with van der Waals surface area (Å²) in [7, 11) is 0. The largest absolute Gasteiger partial charge is 0.354 e. The molecule has 3 fully saturated rings. The van der Waals surface area contributed by atoms with Gasteiger partial charge in [-0.15, -0.1) is 0 Å². The molecule has 142 valence electrons. The number of rotatable bonds is 4. The van der Waals surface area contributed by atoms with Gasteiger partial charge in [0.1, 0.15) is 5.82 Å². The molecule has 0 atom stereocenters. The Morgan fingerprint density at radius 3 is 2.42 bits per heavy atom. The number of pyridine rings is 1. The molecule has 1 spiro atoms. The van der Waals surface area contributed by atoms with E-state index in [-0.39, 0.29) is 5.91 Å². The molecule has 0 N–H and O–H groups in total. The van der Waals surface area contributed by atoms with Crippen LogP contribution in [0.25, 0.3) is 0 Å². The molecule has 0 aromatic carbocycles. The first-order valence-electron chi connectivity index (χ1n) is 9.68. The number of piperazine rings is 1. The summed E-state index contributed by atoms with van der Waals surface area (Å²) in [4.78, 5) is 23.6. The Morgan fingerprint density at radius 2 is 1.77 bits per heavy atom. The lowest BCUT2D eigenvalue weighted by atomic mass is 10.0. The second-order valence-electron chi connectivity index (χ2n) is 7.26. The van der Waals surface area contributed by atoms with Crippen LogP contribution in [0.3, 0.4) is 0 Å². The molecule has 4 rings (SSSR count). The standard InChI is InChI=1S/C19H28N4O3/c24-18(23-9-5-19(6-10-23)25-15-16-26-19)4-8-21-11-13-22(14-12-21)17-3-1-2-7-20-17/h1-3,7H,4-6,8-16H2. The smallest absolute Gasteiger partial charge is 0.223 e. The number of ether oxygens (including phenoxy) is 2. The Morgan fingerprint density at radius 1 is 1.04 bits per heavy atom. The number of aromatic nitrogens is 1. The first kappa shape index (κ1) is 17.7. The number of piperidine rings is 1. The van der Waals surface area contributed by atoms with Gasteiger partial charge in [-0.2, -0.15) is 0 Å². The molecule has 1 aromatic heterocycles. The van der Waals surface area contributed by atoms with Gasteiger partial charge in [0.05, 0.1) is 13.2 Å². The van der Waals surface area contributed by atoms with Crippen molar-refractivity contribution >= 4 is 11.7 Å². The molecule has 0 bridgehead atoms. The zero-order valence-electron chi connectivity index (χ0n) is 15.3. The lowest BCUT2D eigenvalue weighted by Gasteiger charge is -2.38. The van der Waals surface area contributed by atoms with Crippen molar-refractivity contribution < 1.29 is 14.3 Å². The Labute approximate surface area is 154 Å². The molecule has 1 aromatic rings. The number of likely N-dealkylation sites (tertiary alicyclic amines) is 1. The van der Waals surface area contributed by atoms with Gasteiger partial charge in [-0.25, -0.2) is 4.98 Å². The Hall–Kier alpha value is -1.70. The van der Waals surface area contributed by atoms with E-state index in [1.807, 2.05) is 23.2 Å². The summed E-state index contributed by atoms with van der Waals surface area (Å²) >= 11 is 0. The van der Waals surface area contributed by atoms with Crippen LogP contribution in [-0.2, 0) is 14.3 Å². The Kier molecular flexibility index (Phi) is 5.38. The molecule has 3 saturated heterocycles. The van der Waals surface area contributed by atoms with Crippen LogP contribution in [0.15, 0.2) is 24.4 Å². The predicted octanol–water partition coefficient (Wildman–Crippen LogP) is 0.959. The maximum Gasteiger partial charge on any atom is 0.223 e. The molecular formula is C19H28N4O3. The Bertz CT molecular complexity index is 588. The number of hydrogen-bond donors (Lipinski definition) is 0. The second-order valence-corrected chi connectivity index (χ2v) is 7.26. The van der Waals surface area contributed by atoms with Crippen molar-refractivity contribution in [3.05, 3.63) is 24.4 Å². The highest BCUT2D eigenvalue weighted by Gasteiger charge is 2.40. The van der Waals surface area contributed by atoms with Gasteiger partial charge in [0, 0.05) is 71.3 Å². The lowest BCUT2D eigenvalue weighted by Crippen LogP contribution is -2.49. The monoisotopic (exact) mass is 360 g/mol. The fourth-order valence-corrected chi connectivity index (χ4v) is 4.04. The lowest BCUT2D eigenvalue weighted by molar-refractivity contribution is -0.187. The van der Waals surface area contributed by atoms with Crippen molar-refractivity contribution in [1.82, 2.24) is 14.8 Å². The van der Waals surface area contributed by atoms with Gasteiger partial charge in [0.2, 0.25) is 5.91 Å². The zero-order chi connectivity index (χ0) is 17.8. The zero-order valence-corrected chi connectivity index (χ0v) is 15.3. The van der Waals surface area contributed by atoms with Gasteiger partial charge in [0.25, 0.3) is 0 Å². The van der Waals surface area contributed by atoms with Crippen LogP contribution in [0, 0.1) is 0 Å². The van der Waals surface area contributed by atoms with Gasteiger partial charge in [-0.05, 0) is 12.1 Å². The van der Waals surface area contributed by atoms with Crippen LogP contribution < -0.4 is 4.90 Å². The van der Waals surface area contributed by atoms with E-state index in [4.69, 9.17) is 9.47 Å². The van der Waals surface area contributed by atoms with Crippen molar-refractivity contribution in [2.45, 2.75) is 25.0 Å². The fourth-order valence-electron chi connectivity index (χ4n) is 4.04. The van der Waals surface area contributed by atoms with Crippen LogP contribution in [0.5, 0.6) is 0 Å². The summed E-state index contributed by atoms with van der Waals surface area (Å²) in [5, 5.41) is 0. The quantitative estimate of drug-likeness (QED) is 0.797. The number of nitrogens with zero attached hydrogens (tertiary/aromatic N) is 4. The van der Waals surface area contributed by atoms with E-state index in [1.54, 1.807) is 0 Å². The van der Waals surface area contributed by atoms with Crippen LogP contribution in [0.1, 0.15) is 19.3 Å². The number of carbonyl (C=O) groups is 1. The van der Waals surface area contributed by atoms with Gasteiger partial charge < -0.3 is 19.3 Å². The van der Waals surface area contributed by atoms with E-state index in [0.717, 1.165) is 64.5 Å². The molecule has 1 amide bonds. The normalized spacial score (nSPS) is 23.5. The van der Waals surface area contributed by atoms with Gasteiger partial charge in [-0.3, -0.25) is 9.69 Å². The number of amides is 1. The molecule has 0 radical (unpaired) electrons. The average molecular weight is 360 g/mol. The fraction of sp³-hybridized carbons (Fsp3) is 0.684. The minimum absolute atomic E-state index is 0.255. The summed E-state index contributed by atoms with van der Waals surface area (Å²) in [6, 6.07) is 6.02. The third kappa shape index (κ3) is 4.00. The van der Waals surface area contributed by atoms with Crippen LogP contribution >= 0.6 is 0 Å². The number of carbonyl (C=O) groups excluding carboxylic acids is 1. The van der Waals surface area contributed by atoms with Crippen molar-refractivity contribution in [2.24, 2.45) is 0 Å². The predicted molar refractivity (Wildman–Crippen MR) is 98.0 cm³/mol. The van der Waals surface area contributed by atoms with Crippen molar-refractivity contribution in [3.63, 3.8) is 0 Å². The third-order valence-corrected chi connectivity index (χ3v) is 5.68. The third-order valence-electron chi connectivity index (χ3n) is 5.68. The van der Waals surface area contributed by atoms with Crippen molar-refractivity contribution in [3.8, 4) is 0 Å².